The van der Waals surface area contributed by atoms with Gasteiger partial charge >= 0.3 is 0 Å². The molecule has 84 valence electrons. The fraction of sp³-hybridized carbons (Fsp3) is 0.917. The first-order valence-electron chi connectivity index (χ1n) is 5.56. The van der Waals surface area contributed by atoms with Gasteiger partial charge in [-0.15, -0.1) is 0 Å². The predicted octanol–water partition coefficient (Wildman–Crippen LogP) is 3.08. The lowest BCUT2D eigenvalue weighted by atomic mass is 9.81. The summed E-state index contributed by atoms with van der Waals surface area (Å²) in [5.41, 5.74) is 1.19. The highest BCUT2D eigenvalue weighted by atomic mass is 14.8. The molecule has 0 aliphatic heterocycles. The third-order valence-electron chi connectivity index (χ3n) is 2.57. The zero-order valence-corrected chi connectivity index (χ0v) is 10.4. The maximum atomic E-state index is 7.39. The van der Waals surface area contributed by atoms with Crippen LogP contribution in [-0.4, -0.2) is 19.3 Å². The molecule has 0 radical (unpaired) electrons. The van der Waals surface area contributed by atoms with Crippen molar-refractivity contribution in [3.8, 4) is 0 Å². The first-order valence-corrected chi connectivity index (χ1v) is 5.56. The van der Waals surface area contributed by atoms with E-state index >= 15 is 0 Å². The standard InChI is InChI=1S/C12H26N2/c1-10(6-7-11(2)13)8-12(3,4)9-14-5/h10,13-14H,6-9H2,1-5H3. The monoisotopic (exact) mass is 198 g/mol. The Kier molecular flexibility index (Phi) is 6.01. The summed E-state index contributed by atoms with van der Waals surface area (Å²) in [6.45, 7) is 9.86. The molecule has 0 aliphatic rings. The van der Waals surface area contributed by atoms with Gasteiger partial charge in [-0.05, 0) is 51.1 Å². The lowest BCUT2D eigenvalue weighted by molar-refractivity contribution is 0.264. The van der Waals surface area contributed by atoms with Crippen molar-refractivity contribution < 1.29 is 0 Å². The maximum absolute atomic E-state index is 7.39. The molecule has 0 rings (SSSR count). The first-order chi connectivity index (χ1) is 6.37. The van der Waals surface area contributed by atoms with Gasteiger partial charge in [-0.1, -0.05) is 20.8 Å². The highest BCUT2D eigenvalue weighted by Crippen LogP contribution is 2.26. The van der Waals surface area contributed by atoms with Crippen LogP contribution in [-0.2, 0) is 0 Å². The van der Waals surface area contributed by atoms with Crippen LogP contribution in [0.25, 0.3) is 0 Å². The van der Waals surface area contributed by atoms with E-state index < -0.39 is 0 Å². The third-order valence-corrected chi connectivity index (χ3v) is 2.57. The van der Waals surface area contributed by atoms with Crippen LogP contribution in [0.5, 0.6) is 0 Å². The van der Waals surface area contributed by atoms with Crippen LogP contribution in [0.15, 0.2) is 0 Å². The fourth-order valence-corrected chi connectivity index (χ4v) is 2.06. The van der Waals surface area contributed by atoms with Crippen molar-refractivity contribution in [1.29, 1.82) is 5.41 Å². The first kappa shape index (κ1) is 13.6. The Morgan fingerprint density at radius 2 is 2.00 bits per heavy atom. The van der Waals surface area contributed by atoms with Crippen molar-refractivity contribution in [1.82, 2.24) is 5.32 Å². The van der Waals surface area contributed by atoms with Gasteiger partial charge in [0, 0.05) is 5.71 Å². The largest absolute Gasteiger partial charge is 0.319 e. The molecular formula is C12H26N2. The predicted molar refractivity (Wildman–Crippen MR) is 64.1 cm³/mol. The van der Waals surface area contributed by atoms with Gasteiger partial charge in [0.05, 0.1) is 0 Å². The van der Waals surface area contributed by atoms with E-state index in [2.05, 4.69) is 26.1 Å². The molecule has 0 aromatic rings. The summed E-state index contributed by atoms with van der Waals surface area (Å²) >= 11 is 0. The van der Waals surface area contributed by atoms with Gasteiger partial charge < -0.3 is 10.7 Å². The average Bonchev–Trinajstić information content (AvgIpc) is 1.99. The topological polar surface area (TPSA) is 35.9 Å². The Morgan fingerprint density at radius 3 is 2.43 bits per heavy atom. The van der Waals surface area contributed by atoms with Gasteiger partial charge in [0.1, 0.15) is 0 Å². The Bertz CT molecular complexity index is 173. The van der Waals surface area contributed by atoms with Crippen LogP contribution < -0.4 is 5.32 Å². The molecule has 0 heterocycles. The summed E-state index contributed by atoms with van der Waals surface area (Å²) in [6, 6.07) is 0. The van der Waals surface area contributed by atoms with Crippen molar-refractivity contribution >= 4 is 5.71 Å². The Morgan fingerprint density at radius 1 is 1.43 bits per heavy atom. The molecular weight excluding hydrogens is 172 g/mol. The molecule has 0 fully saturated rings. The van der Waals surface area contributed by atoms with E-state index in [-0.39, 0.29) is 0 Å². The molecule has 2 N–H and O–H groups in total. The molecule has 0 saturated heterocycles. The van der Waals surface area contributed by atoms with Gasteiger partial charge in [0.2, 0.25) is 0 Å². The summed E-state index contributed by atoms with van der Waals surface area (Å²) < 4.78 is 0. The molecule has 0 amide bonds. The molecule has 0 aromatic carbocycles. The Balaban J connectivity index is 3.80. The van der Waals surface area contributed by atoms with Crippen molar-refractivity contribution in [3.63, 3.8) is 0 Å². The molecule has 2 nitrogen and oxygen atoms in total. The molecule has 0 saturated carbocycles. The van der Waals surface area contributed by atoms with Crippen LogP contribution in [0.2, 0.25) is 0 Å². The van der Waals surface area contributed by atoms with Gasteiger partial charge in [-0.25, -0.2) is 0 Å². The van der Waals surface area contributed by atoms with E-state index in [0.717, 1.165) is 31.0 Å². The van der Waals surface area contributed by atoms with E-state index in [1.165, 1.54) is 6.42 Å². The zero-order chi connectivity index (χ0) is 11.2. The Labute approximate surface area is 89.0 Å². The SMILES string of the molecule is CNCC(C)(C)CC(C)CCC(C)=N. The summed E-state index contributed by atoms with van der Waals surface area (Å²) in [5.74, 6) is 0.721. The summed E-state index contributed by atoms with van der Waals surface area (Å²) in [4.78, 5) is 0. The molecule has 1 atom stereocenters. The van der Waals surface area contributed by atoms with E-state index in [9.17, 15) is 0 Å². The molecule has 1 unspecified atom stereocenters. The van der Waals surface area contributed by atoms with Crippen molar-refractivity contribution in [2.75, 3.05) is 13.6 Å². The quantitative estimate of drug-likeness (QED) is 0.606. The Hall–Kier alpha value is -0.370. The van der Waals surface area contributed by atoms with Crippen molar-refractivity contribution in [2.24, 2.45) is 11.3 Å². The fourth-order valence-electron chi connectivity index (χ4n) is 2.06. The summed E-state index contributed by atoms with van der Waals surface area (Å²) in [5, 5.41) is 10.6. The number of hydrogen-bond acceptors (Lipinski definition) is 2. The second-order valence-corrected chi connectivity index (χ2v) is 5.32. The van der Waals surface area contributed by atoms with Crippen LogP contribution in [0.4, 0.5) is 0 Å². The molecule has 14 heavy (non-hydrogen) atoms. The lowest BCUT2D eigenvalue weighted by Gasteiger charge is -2.27. The normalized spacial score (nSPS) is 14.1. The number of rotatable bonds is 7. The van der Waals surface area contributed by atoms with Crippen LogP contribution in [0.1, 0.15) is 47.0 Å². The van der Waals surface area contributed by atoms with E-state index in [1.807, 2.05) is 14.0 Å². The van der Waals surface area contributed by atoms with Crippen LogP contribution in [0.3, 0.4) is 0 Å². The highest BCUT2D eigenvalue weighted by Gasteiger charge is 2.19. The molecule has 0 aliphatic carbocycles. The van der Waals surface area contributed by atoms with E-state index in [1.54, 1.807) is 0 Å². The van der Waals surface area contributed by atoms with Gasteiger partial charge in [-0.3, -0.25) is 0 Å². The number of nitrogens with one attached hydrogen (secondary N) is 2. The van der Waals surface area contributed by atoms with E-state index in [0.29, 0.717) is 5.41 Å². The third kappa shape index (κ3) is 7.07. The highest BCUT2D eigenvalue weighted by molar-refractivity contribution is 5.78. The molecule has 0 bridgehead atoms. The van der Waals surface area contributed by atoms with E-state index in [4.69, 9.17) is 5.41 Å². The van der Waals surface area contributed by atoms with Crippen LogP contribution in [0, 0.1) is 16.7 Å². The summed E-state index contributed by atoms with van der Waals surface area (Å²) in [7, 11) is 2.01. The smallest absolute Gasteiger partial charge is 0.00583 e. The van der Waals surface area contributed by atoms with Crippen molar-refractivity contribution in [3.05, 3.63) is 0 Å². The van der Waals surface area contributed by atoms with Crippen molar-refractivity contribution in [2.45, 2.75) is 47.0 Å². The second-order valence-electron chi connectivity index (χ2n) is 5.32. The average molecular weight is 198 g/mol. The minimum Gasteiger partial charge on any atom is -0.319 e. The minimum absolute atomic E-state index is 0.379. The van der Waals surface area contributed by atoms with Gasteiger partial charge in [-0.2, -0.15) is 0 Å². The molecule has 0 spiro atoms. The number of hydrogen-bond donors (Lipinski definition) is 2. The lowest BCUT2D eigenvalue weighted by Crippen LogP contribution is -2.28. The second kappa shape index (κ2) is 6.18. The molecule has 2 heteroatoms. The minimum atomic E-state index is 0.379. The summed E-state index contributed by atoms with van der Waals surface area (Å²) in [6.07, 6.45) is 3.35. The van der Waals surface area contributed by atoms with Gasteiger partial charge in [0.25, 0.3) is 0 Å². The zero-order valence-electron chi connectivity index (χ0n) is 10.4. The molecule has 0 aromatic heterocycles. The van der Waals surface area contributed by atoms with Gasteiger partial charge in [0.15, 0.2) is 0 Å². The maximum Gasteiger partial charge on any atom is 0.00583 e. The van der Waals surface area contributed by atoms with Crippen LogP contribution >= 0.6 is 0 Å².